The molecule has 11 rings (SSSR count). The molecule has 328 valence electrons. The second kappa shape index (κ2) is 16.9. The first-order chi connectivity index (χ1) is 31.5. The number of aromatic nitrogens is 9. The average Bonchev–Trinajstić information content (AvgIpc) is 3.84. The van der Waals surface area contributed by atoms with Gasteiger partial charge in [0.05, 0.1) is 62.8 Å². The number of aromatic amines is 1. The molecule has 3 aromatic carbocycles. The van der Waals surface area contributed by atoms with E-state index in [0.29, 0.717) is 44.1 Å². The van der Waals surface area contributed by atoms with Crippen LogP contribution in [0.3, 0.4) is 0 Å². The first kappa shape index (κ1) is 41.5. The van der Waals surface area contributed by atoms with Crippen molar-refractivity contribution in [1.82, 2.24) is 54.5 Å². The van der Waals surface area contributed by atoms with Gasteiger partial charge in [0.15, 0.2) is 5.65 Å². The molecule has 0 unspecified atom stereocenters. The van der Waals surface area contributed by atoms with Crippen molar-refractivity contribution in [3.05, 3.63) is 158 Å². The van der Waals surface area contributed by atoms with E-state index in [4.69, 9.17) is 4.98 Å². The molecule has 19 heteroatoms. The summed E-state index contributed by atoms with van der Waals surface area (Å²) in [6.45, 7) is 5.83. The highest BCUT2D eigenvalue weighted by molar-refractivity contribution is 7.24. The summed E-state index contributed by atoms with van der Waals surface area (Å²) in [7, 11) is 3.89. The second-order valence-corrected chi connectivity index (χ2v) is 17.2. The Balaban J connectivity index is 0.000000159. The van der Waals surface area contributed by atoms with Crippen LogP contribution < -0.4 is 26.5 Å². The largest absolute Gasteiger partial charge is 0.376 e. The highest BCUT2D eigenvalue weighted by Gasteiger charge is 2.38. The number of aryl methyl sites for hydroxylation is 2. The minimum atomic E-state index is -0.535. The molecule has 1 amide bonds. The van der Waals surface area contributed by atoms with Gasteiger partial charge in [-0.05, 0) is 81.0 Å². The highest BCUT2D eigenvalue weighted by atomic mass is 32.1. The number of carbonyl (C=O) groups is 1. The van der Waals surface area contributed by atoms with Gasteiger partial charge >= 0.3 is 0 Å². The molecule has 1 saturated heterocycles. The summed E-state index contributed by atoms with van der Waals surface area (Å²) in [6, 6.07) is 19.8. The molecule has 16 nitrogen and oxygen atoms in total. The maximum Gasteiger partial charge on any atom is 0.272 e. The second-order valence-electron chi connectivity index (χ2n) is 16.1. The minimum Gasteiger partial charge on any atom is -0.376 e. The van der Waals surface area contributed by atoms with E-state index in [0.717, 1.165) is 59.9 Å². The number of amides is 1. The van der Waals surface area contributed by atoms with Gasteiger partial charge in [0.25, 0.3) is 11.5 Å². The Morgan fingerprint density at radius 1 is 0.908 bits per heavy atom. The van der Waals surface area contributed by atoms with Gasteiger partial charge in [-0.15, -0.1) is 11.3 Å². The standard InChI is InChI=1S/C27H27N7O2S.C19H14F2N6O/c1-17-14-29-18(15-28-17)16-30-26(36)23-24(35)19-8-9-22(33-11-5-10-32(2)12-13-33)31-25(19)34-20-6-3-4-7-21(20)37-27(23)34;1-27-18(22-8-23-27)15-16(9-2-4-10(20)5-3-9)24-13-7-11(21)6-12-14(13)17(15)25-26-19(12)28/h3-4,6-9,14-15H,5,10-13,16H2,1-2H3,(H,30,36);2-8,15-16,24H,1H3,(H,26,28)/t;15-,16-/m.1/s1. The van der Waals surface area contributed by atoms with E-state index < -0.39 is 29.2 Å². The number of halogens is 2. The summed E-state index contributed by atoms with van der Waals surface area (Å²) in [6.07, 6.45) is 5.77. The molecule has 8 heterocycles. The first-order valence-corrected chi connectivity index (χ1v) is 21.8. The van der Waals surface area contributed by atoms with Crippen molar-refractivity contribution < 1.29 is 13.6 Å². The Labute approximate surface area is 372 Å². The number of benzene rings is 3. The van der Waals surface area contributed by atoms with Crippen molar-refractivity contribution >= 4 is 65.6 Å². The minimum absolute atomic E-state index is 0.125. The molecule has 2 aliphatic rings. The number of likely N-dealkylation sites (N-methyl/N-ethyl adjacent to an activating group) is 1. The normalized spacial score (nSPS) is 16.4. The highest BCUT2D eigenvalue weighted by Crippen LogP contribution is 2.46. The molecule has 9 aromatic rings. The van der Waals surface area contributed by atoms with E-state index in [1.54, 1.807) is 36.3 Å². The van der Waals surface area contributed by atoms with E-state index in [1.807, 2.05) is 47.7 Å². The predicted molar refractivity (Wildman–Crippen MR) is 245 cm³/mol. The first-order valence-electron chi connectivity index (χ1n) is 21.0. The fraction of sp³-hybridized carbons (Fsp3) is 0.239. The number of hydrogen-bond acceptors (Lipinski definition) is 13. The SMILES string of the molecule is Cc1cnc(CNC(=O)c2c(=O)c3ccc(N4CCCN(C)CC4)nc3n3c2sc2ccccc23)cn1.Cn1ncnc1[C@H]1c2n[nH]c(=O)c3cc(F)cc(c23)N[C@@H]1c1ccc(F)cc1. The summed E-state index contributed by atoms with van der Waals surface area (Å²) in [4.78, 5) is 62.5. The molecule has 0 aliphatic carbocycles. The average molecular weight is 894 g/mol. The lowest BCUT2D eigenvalue weighted by molar-refractivity contribution is 0.0951. The smallest absolute Gasteiger partial charge is 0.272 e. The van der Waals surface area contributed by atoms with E-state index in [9.17, 15) is 23.2 Å². The Hall–Kier alpha value is -7.51. The number of para-hydroxylation sites is 1. The quantitative estimate of drug-likeness (QED) is 0.181. The van der Waals surface area contributed by atoms with Crippen LogP contribution in [-0.2, 0) is 13.6 Å². The molecular formula is C46H41F2N13O3S. The molecule has 1 fully saturated rings. The van der Waals surface area contributed by atoms with Gasteiger partial charge in [-0.25, -0.2) is 23.8 Å². The van der Waals surface area contributed by atoms with Gasteiger partial charge in [0.2, 0.25) is 5.43 Å². The van der Waals surface area contributed by atoms with Crippen LogP contribution in [0.15, 0.2) is 101 Å². The monoisotopic (exact) mass is 893 g/mol. The molecule has 0 spiro atoms. The van der Waals surface area contributed by atoms with Gasteiger partial charge in [-0.1, -0.05) is 24.3 Å². The van der Waals surface area contributed by atoms with Gasteiger partial charge in [0.1, 0.15) is 40.0 Å². The maximum absolute atomic E-state index is 14.1. The number of hydrogen-bond donors (Lipinski definition) is 3. The van der Waals surface area contributed by atoms with Crippen LogP contribution >= 0.6 is 11.3 Å². The molecule has 2 aliphatic heterocycles. The molecule has 0 bridgehead atoms. The lowest BCUT2D eigenvalue weighted by Gasteiger charge is -2.33. The van der Waals surface area contributed by atoms with Crippen LogP contribution in [0.4, 0.5) is 20.3 Å². The van der Waals surface area contributed by atoms with Crippen LogP contribution in [0, 0.1) is 18.6 Å². The van der Waals surface area contributed by atoms with Crippen molar-refractivity contribution in [2.75, 3.05) is 43.4 Å². The summed E-state index contributed by atoms with van der Waals surface area (Å²) in [5.74, 6) is -0.300. The molecular weight excluding hydrogens is 853 g/mol. The predicted octanol–water partition coefficient (Wildman–Crippen LogP) is 5.86. The van der Waals surface area contributed by atoms with Crippen LogP contribution in [0.25, 0.3) is 36.9 Å². The Kier molecular flexibility index (Phi) is 10.8. The van der Waals surface area contributed by atoms with Crippen LogP contribution in [0.5, 0.6) is 0 Å². The molecule has 2 atom stereocenters. The molecule has 0 saturated carbocycles. The molecule has 6 aromatic heterocycles. The lowest BCUT2D eigenvalue weighted by Crippen LogP contribution is -2.31. The summed E-state index contributed by atoms with van der Waals surface area (Å²) in [5, 5.41) is 18.2. The number of rotatable bonds is 6. The summed E-state index contributed by atoms with van der Waals surface area (Å²) >= 11 is 1.43. The van der Waals surface area contributed by atoms with E-state index in [1.165, 1.54) is 41.9 Å². The topological polar surface area (TPSA) is 184 Å². The molecule has 0 radical (unpaired) electrons. The van der Waals surface area contributed by atoms with Crippen molar-refractivity contribution in [2.45, 2.75) is 31.8 Å². The Bertz CT molecular complexity index is 3410. The number of nitrogens with one attached hydrogen (secondary N) is 3. The van der Waals surface area contributed by atoms with Crippen molar-refractivity contribution in [2.24, 2.45) is 7.05 Å². The number of carbonyl (C=O) groups excluding carboxylic acids is 1. The van der Waals surface area contributed by atoms with Crippen LogP contribution in [0.1, 0.15) is 57.2 Å². The third-order valence-electron chi connectivity index (χ3n) is 11.9. The number of nitrogens with zero attached hydrogens (tertiary/aromatic N) is 10. The van der Waals surface area contributed by atoms with Gasteiger partial charge in [-0.2, -0.15) is 10.2 Å². The number of H-pyrrole nitrogens is 1. The lowest BCUT2D eigenvalue weighted by atomic mass is 9.83. The number of fused-ring (bicyclic) bond motifs is 5. The van der Waals surface area contributed by atoms with Crippen LogP contribution in [-0.4, -0.2) is 88.3 Å². The Morgan fingerprint density at radius 2 is 1.74 bits per heavy atom. The third kappa shape index (κ3) is 7.71. The maximum atomic E-state index is 14.1. The zero-order valence-electron chi connectivity index (χ0n) is 35.4. The third-order valence-corrected chi connectivity index (χ3v) is 13.0. The van der Waals surface area contributed by atoms with Gasteiger partial charge in [0, 0.05) is 44.0 Å². The Morgan fingerprint density at radius 3 is 2.52 bits per heavy atom. The summed E-state index contributed by atoms with van der Waals surface area (Å²) in [5.41, 5.74) is 4.03. The van der Waals surface area contributed by atoms with E-state index in [2.05, 4.69) is 57.7 Å². The van der Waals surface area contributed by atoms with E-state index in [-0.39, 0.29) is 28.7 Å². The zero-order chi connectivity index (χ0) is 44.9. The van der Waals surface area contributed by atoms with Gasteiger partial charge in [-0.3, -0.25) is 33.4 Å². The number of thiazole rings is 1. The van der Waals surface area contributed by atoms with Crippen LogP contribution in [0.2, 0.25) is 0 Å². The fourth-order valence-electron chi connectivity index (χ4n) is 8.64. The molecule has 3 N–H and O–H groups in total. The van der Waals surface area contributed by atoms with Crippen molar-refractivity contribution in [3.63, 3.8) is 0 Å². The van der Waals surface area contributed by atoms with Gasteiger partial charge < -0.3 is 20.4 Å². The molecule has 65 heavy (non-hydrogen) atoms. The zero-order valence-corrected chi connectivity index (χ0v) is 36.2. The van der Waals surface area contributed by atoms with Crippen molar-refractivity contribution in [3.8, 4) is 0 Å². The number of anilines is 2. The van der Waals surface area contributed by atoms with E-state index >= 15 is 0 Å². The fourth-order valence-corrected chi connectivity index (χ4v) is 9.82. The van der Waals surface area contributed by atoms with Crippen molar-refractivity contribution in [1.29, 1.82) is 0 Å². The number of pyridine rings is 2. The summed E-state index contributed by atoms with van der Waals surface area (Å²) < 4.78 is 32.2.